The molecule has 0 fully saturated rings. The highest BCUT2D eigenvalue weighted by atomic mass is 19.1. The van der Waals surface area contributed by atoms with E-state index >= 15 is 0 Å². The summed E-state index contributed by atoms with van der Waals surface area (Å²) in [5.41, 5.74) is 0.608. The summed E-state index contributed by atoms with van der Waals surface area (Å²) in [5.74, 6) is 0.523. The molecule has 0 saturated heterocycles. The first-order valence-corrected chi connectivity index (χ1v) is 6.61. The first kappa shape index (κ1) is 13.7. The Hall–Kier alpha value is -2.27. The zero-order valence-electron chi connectivity index (χ0n) is 11.5. The Kier molecular flexibility index (Phi) is 3.66. The molecule has 1 aliphatic heterocycles. The van der Waals surface area contributed by atoms with E-state index in [0.29, 0.717) is 30.3 Å². The number of para-hydroxylation sites is 1. The Balaban J connectivity index is 2.05. The number of fused-ring (bicyclic) bond motifs is 1. The molecular weight excluding hydrogens is 275 g/mol. The molecule has 1 aliphatic rings. The van der Waals surface area contributed by atoms with Crippen LogP contribution in [0.15, 0.2) is 36.4 Å². The zero-order valence-corrected chi connectivity index (χ0v) is 11.5. The van der Waals surface area contributed by atoms with E-state index in [4.69, 9.17) is 14.2 Å². The summed E-state index contributed by atoms with van der Waals surface area (Å²) in [6.45, 7) is 0.859. The van der Waals surface area contributed by atoms with Crippen LogP contribution in [0.1, 0.15) is 17.2 Å². The average Bonchev–Trinajstić information content (AvgIpc) is 2.54. The molecule has 4 nitrogen and oxygen atoms in total. The maximum absolute atomic E-state index is 14.3. The molecular formula is C16H15FO4. The fourth-order valence-corrected chi connectivity index (χ4v) is 2.38. The topological polar surface area (TPSA) is 47.9 Å². The van der Waals surface area contributed by atoms with Gasteiger partial charge in [0.15, 0.2) is 23.1 Å². The largest absolute Gasteiger partial charge is 0.494 e. The van der Waals surface area contributed by atoms with Crippen LogP contribution in [0.25, 0.3) is 0 Å². The normalized spacial score (nSPS) is 14.6. The standard InChI is InChI=1S/C16H15FO4/c1-19-12-6-2-4-10(14(12)17)15(18)11-5-3-7-13-16(11)21-9-8-20-13/h2-7,15,18H,8-9H2,1H3. The molecule has 110 valence electrons. The molecule has 3 rings (SSSR count). The minimum Gasteiger partial charge on any atom is -0.494 e. The molecule has 2 aromatic carbocycles. The molecule has 0 bridgehead atoms. The van der Waals surface area contributed by atoms with Crippen molar-refractivity contribution in [2.45, 2.75) is 6.10 Å². The van der Waals surface area contributed by atoms with Crippen molar-refractivity contribution in [3.05, 3.63) is 53.3 Å². The fourth-order valence-electron chi connectivity index (χ4n) is 2.38. The van der Waals surface area contributed by atoms with Crippen molar-refractivity contribution in [3.8, 4) is 17.2 Å². The van der Waals surface area contributed by atoms with E-state index in [1.165, 1.54) is 19.2 Å². The van der Waals surface area contributed by atoms with Crippen LogP contribution in [-0.2, 0) is 0 Å². The number of ether oxygens (including phenoxy) is 3. The first-order chi connectivity index (χ1) is 10.2. The maximum atomic E-state index is 14.3. The van der Waals surface area contributed by atoms with E-state index in [1.807, 2.05) is 0 Å². The van der Waals surface area contributed by atoms with Gasteiger partial charge in [-0.3, -0.25) is 0 Å². The number of benzene rings is 2. The van der Waals surface area contributed by atoms with Crippen molar-refractivity contribution in [2.24, 2.45) is 0 Å². The molecule has 0 saturated carbocycles. The Morgan fingerprint density at radius 2 is 1.81 bits per heavy atom. The molecule has 0 aromatic heterocycles. The lowest BCUT2D eigenvalue weighted by Crippen LogP contribution is -2.17. The second-order valence-electron chi connectivity index (χ2n) is 4.64. The van der Waals surface area contributed by atoms with Gasteiger partial charge < -0.3 is 19.3 Å². The molecule has 1 N–H and O–H groups in total. The molecule has 2 aromatic rings. The quantitative estimate of drug-likeness (QED) is 0.944. The zero-order chi connectivity index (χ0) is 14.8. The van der Waals surface area contributed by atoms with E-state index in [2.05, 4.69) is 0 Å². The van der Waals surface area contributed by atoms with Crippen molar-refractivity contribution in [1.29, 1.82) is 0 Å². The van der Waals surface area contributed by atoms with Crippen LogP contribution >= 0.6 is 0 Å². The smallest absolute Gasteiger partial charge is 0.171 e. The predicted octanol–water partition coefficient (Wildman–Crippen LogP) is 2.69. The van der Waals surface area contributed by atoms with Gasteiger partial charge in [-0.1, -0.05) is 24.3 Å². The molecule has 21 heavy (non-hydrogen) atoms. The van der Waals surface area contributed by atoms with Crippen LogP contribution in [0.4, 0.5) is 4.39 Å². The molecule has 1 unspecified atom stereocenters. The lowest BCUT2D eigenvalue weighted by atomic mass is 9.99. The van der Waals surface area contributed by atoms with Gasteiger partial charge in [0.1, 0.15) is 19.3 Å². The highest BCUT2D eigenvalue weighted by Gasteiger charge is 2.24. The van der Waals surface area contributed by atoms with Crippen LogP contribution in [-0.4, -0.2) is 25.4 Å². The second-order valence-corrected chi connectivity index (χ2v) is 4.64. The van der Waals surface area contributed by atoms with Crippen LogP contribution in [0.5, 0.6) is 17.2 Å². The van der Waals surface area contributed by atoms with Crippen LogP contribution in [0.2, 0.25) is 0 Å². The summed E-state index contributed by atoms with van der Waals surface area (Å²) < 4.78 is 30.3. The molecule has 5 heteroatoms. The summed E-state index contributed by atoms with van der Waals surface area (Å²) in [5, 5.41) is 10.5. The lowest BCUT2D eigenvalue weighted by Gasteiger charge is -2.23. The fraction of sp³-hybridized carbons (Fsp3) is 0.250. The summed E-state index contributed by atoms with van der Waals surface area (Å²) in [6.07, 6.45) is -1.16. The third-order valence-electron chi connectivity index (χ3n) is 3.40. The van der Waals surface area contributed by atoms with Crippen molar-refractivity contribution < 1.29 is 23.7 Å². The maximum Gasteiger partial charge on any atom is 0.171 e. The monoisotopic (exact) mass is 290 g/mol. The van der Waals surface area contributed by atoms with Crippen LogP contribution in [0, 0.1) is 5.82 Å². The van der Waals surface area contributed by atoms with E-state index in [0.717, 1.165) is 0 Å². The van der Waals surface area contributed by atoms with Crippen molar-refractivity contribution in [1.82, 2.24) is 0 Å². The SMILES string of the molecule is COc1cccc(C(O)c2cccc3c2OCCO3)c1F. The minimum absolute atomic E-state index is 0.0912. The van der Waals surface area contributed by atoms with Gasteiger partial charge in [-0.2, -0.15) is 0 Å². The number of methoxy groups -OCH3 is 1. The van der Waals surface area contributed by atoms with Gasteiger partial charge in [-0.05, 0) is 12.1 Å². The van der Waals surface area contributed by atoms with Crippen molar-refractivity contribution in [2.75, 3.05) is 20.3 Å². The number of halogens is 1. The van der Waals surface area contributed by atoms with Crippen molar-refractivity contribution in [3.63, 3.8) is 0 Å². The molecule has 0 spiro atoms. The van der Waals surface area contributed by atoms with E-state index in [9.17, 15) is 9.50 Å². The number of aliphatic hydroxyl groups is 1. The molecule has 1 heterocycles. The number of aliphatic hydroxyl groups excluding tert-OH is 1. The van der Waals surface area contributed by atoms with Gasteiger partial charge in [-0.15, -0.1) is 0 Å². The number of hydrogen-bond acceptors (Lipinski definition) is 4. The highest BCUT2D eigenvalue weighted by molar-refractivity contribution is 5.51. The minimum atomic E-state index is -1.16. The first-order valence-electron chi connectivity index (χ1n) is 6.61. The third-order valence-corrected chi connectivity index (χ3v) is 3.40. The van der Waals surface area contributed by atoms with Gasteiger partial charge >= 0.3 is 0 Å². The molecule has 0 aliphatic carbocycles. The summed E-state index contributed by atoms with van der Waals surface area (Å²) in [6, 6.07) is 9.85. The summed E-state index contributed by atoms with van der Waals surface area (Å²) in [4.78, 5) is 0. The van der Waals surface area contributed by atoms with E-state index in [1.54, 1.807) is 24.3 Å². The van der Waals surface area contributed by atoms with Gasteiger partial charge in [0.05, 0.1) is 7.11 Å². The Labute approximate surface area is 121 Å². The lowest BCUT2D eigenvalue weighted by molar-refractivity contribution is 0.157. The number of hydrogen-bond donors (Lipinski definition) is 1. The highest BCUT2D eigenvalue weighted by Crippen LogP contribution is 2.40. The van der Waals surface area contributed by atoms with Gasteiger partial charge in [-0.25, -0.2) is 4.39 Å². The van der Waals surface area contributed by atoms with E-state index < -0.39 is 11.9 Å². The van der Waals surface area contributed by atoms with Gasteiger partial charge in [0, 0.05) is 11.1 Å². The summed E-state index contributed by atoms with van der Waals surface area (Å²) in [7, 11) is 1.38. The molecule has 1 atom stereocenters. The van der Waals surface area contributed by atoms with Crippen molar-refractivity contribution >= 4 is 0 Å². The Morgan fingerprint density at radius 3 is 2.62 bits per heavy atom. The average molecular weight is 290 g/mol. The van der Waals surface area contributed by atoms with E-state index in [-0.39, 0.29) is 11.3 Å². The summed E-state index contributed by atoms with van der Waals surface area (Å²) >= 11 is 0. The van der Waals surface area contributed by atoms with Gasteiger partial charge in [0.25, 0.3) is 0 Å². The third kappa shape index (κ3) is 2.40. The van der Waals surface area contributed by atoms with Crippen LogP contribution in [0.3, 0.4) is 0 Å². The Bertz CT molecular complexity index is 657. The molecule has 0 amide bonds. The Morgan fingerprint density at radius 1 is 1.10 bits per heavy atom. The molecule has 0 radical (unpaired) electrons. The predicted molar refractivity (Wildman–Crippen MR) is 74.4 cm³/mol. The second kappa shape index (κ2) is 5.61. The number of rotatable bonds is 3. The van der Waals surface area contributed by atoms with Gasteiger partial charge in [0.2, 0.25) is 0 Å². The van der Waals surface area contributed by atoms with Crippen LogP contribution < -0.4 is 14.2 Å².